The molecule has 0 saturated heterocycles. The molecule has 2 aromatic rings. The van der Waals surface area contributed by atoms with Crippen molar-refractivity contribution >= 4 is 11.6 Å². The van der Waals surface area contributed by atoms with E-state index in [-0.39, 0.29) is 5.38 Å². The van der Waals surface area contributed by atoms with Crippen molar-refractivity contribution in [2.24, 2.45) is 0 Å². The van der Waals surface area contributed by atoms with Gasteiger partial charge in [0.1, 0.15) is 5.69 Å². The Hall–Kier alpha value is -1.29. The molecule has 0 amide bonds. The third-order valence-electron chi connectivity index (χ3n) is 1.89. The second kappa shape index (κ2) is 3.84. The Morgan fingerprint density at radius 3 is 3.07 bits per heavy atom. The largest absolute Gasteiger partial charge is 0.472 e. The van der Waals surface area contributed by atoms with Gasteiger partial charge in [0.15, 0.2) is 0 Å². The normalized spacial score (nSPS) is 13.0. The minimum Gasteiger partial charge on any atom is -0.472 e. The first kappa shape index (κ1) is 9.27. The fourth-order valence-corrected chi connectivity index (χ4v) is 1.24. The Morgan fingerprint density at radius 1 is 1.64 bits per heavy atom. The number of hydrogen-bond acceptors (Lipinski definition) is 3. The molecule has 0 saturated carbocycles. The molecule has 74 valence electrons. The summed E-state index contributed by atoms with van der Waals surface area (Å²) in [5.41, 5.74) is 1.85. The van der Waals surface area contributed by atoms with E-state index in [0.717, 1.165) is 11.3 Å². The topological polar surface area (TPSA) is 43.9 Å². The lowest BCUT2D eigenvalue weighted by atomic mass is 10.3. The van der Waals surface area contributed by atoms with E-state index in [2.05, 4.69) is 10.3 Å². The van der Waals surface area contributed by atoms with E-state index in [4.69, 9.17) is 16.0 Å². The number of hydrogen-bond donors (Lipinski definition) is 0. The monoisotopic (exact) mass is 211 g/mol. The minimum atomic E-state index is -0.104. The Balaban J connectivity index is 2.11. The zero-order chi connectivity index (χ0) is 9.97. The number of nitrogens with zero attached hydrogens (tertiary/aromatic N) is 3. The molecule has 2 heterocycles. The lowest BCUT2D eigenvalue weighted by Crippen LogP contribution is -1.98. The fraction of sp³-hybridized carbons (Fsp3) is 0.333. The summed E-state index contributed by atoms with van der Waals surface area (Å²) >= 11 is 5.86. The maximum absolute atomic E-state index is 5.86. The van der Waals surface area contributed by atoms with E-state index in [1.807, 2.05) is 19.2 Å². The van der Waals surface area contributed by atoms with Gasteiger partial charge in [-0.25, -0.2) is 4.68 Å². The van der Waals surface area contributed by atoms with Gasteiger partial charge in [0, 0.05) is 5.56 Å². The molecular formula is C9H10ClN3O. The van der Waals surface area contributed by atoms with Gasteiger partial charge in [0.05, 0.1) is 30.6 Å². The number of halogens is 1. The van der Waals surface area contributed by atoms with E-state index < -0.39 is 0 Å². The van der Waals surface area contributed by atoms with Crippen molar-refractivity contribution in [1.82, 2.24) is 15.0 Å². The van der Waals surface area contributed by atoms with Crippen LogP contribution in [0.2, 0.25) is 0 Å². The van der Waals surface area contributed by atoms with Crippen molar-refractivity contribution in [3.63, 3.8) is 0 Å². The maximum Gasteiger partial charge on any atom is 0.100 e. The molecule has 1 atom stereocenters. The van der Waals surface area contributed by atoms with E-state index in [1.165, 1.54) is 0 Å². The van der Waals surface area contributed by atoms with Crippen LogP contribution in [0.5, 0.6) is 0 Å². The second-order valence-electron chi connectivity index (χ2n) is 3.09. The molecule has 4 nitrogen and oxygen atoms in total. The first-order valence-corrected chi connectivity index (χ1v) is 4.74. The summed E-state index contributed by atoms with van der Waals surface area (Å²) in [4.78, 5) is 0. The van der Waals surface area contributed by atoms with Crippen LogP contribution in [0.3, 0.4) is 0 Å². The van der Waals surface area contributed by atoms with Crippen LogP contribution in [0.25, 0.3) is 0 Å². The summed E-state index contributed by atoms with van der Waals surface area (Å²) in [6.45, 7) is 2.53. The molecule has 0 radical (unpaired) electrons. The zero-order valence-corrected chi connectivity index (χ0v) is 8.48. The Morgan fingerprint density at radius 2 is 2.50 bits per heavy atom. The van der Waals surface area contributed by atoms with Gasteiger partial charge in [0.25, 0.3) is 0 Å². The SMILES string of the molecule is CC(Cl)c1cn(Cc2ccoc2)nn1. The highest BCUT2D eigenvalue weighted by atomic mass is 35.5. The standard InChI is InChI=1S/C9H10ClN3O/c1-7(10)9-5-13(12-11-9)4-8-2-3-14-6-8/h2-3,5-7H,4H2,1H3. The molecule has 2 rings (SSSR count). The summed E-state index contributed by atoms with van der Waals surface area (Å²) in [6, 6.07) is 1.89. The van der Waals surface area contributed by atoms with Gasteiger partial charge >= 0.3 is 0 Å². The number of rotatable bonds is 3. The van der Waals surface area contributed by atoms with Gasteiger partial charge in [-0.05, 0) is 13.0 Å². The molecule has 0 aliphatic rings. The molecule has 0 bridgehead atoms. The number of aromatic nitrogens is 3. The Kier molecular flexibility index (Phi) is 2.54. The van der Waals surface area contributed by atoms with Crippen molar-refractivity contribution < 1.29 is 4.42 Å². The summed E-state index contributed by atoms with van der Waals surface area (Å²) in [6.07, 6.45) is 5.16. The van der Waals surface area contributed by atoms with Gasteiger partial charge in [-0.1, -0.05) is 5.21 Å². The van der Waals surface area contributed by atoms with Gasteiger partial charge in [-0.15, -0.1) is 16.7 Å². The molecule has 14 heavy (non-hydrogen) atoms. The third kappa shape index (κ3) is 1.96. The van der Waals surface area contributed by atoms with Crippen LogP contribution in [0.15, 0.2) is 29.2 Å². The molecule has 2 aromatic heterocycles. The summed E-state index contributed by atoms with van der Waals surface area (Å²) in [5.74, 6) is 0. The molecule has 0 spiro atoms. The van der Waals surface area contributed by atoms with E-state index >= 15 is 0 Å². The first-order chi connectivity index (χ1) is 6.75. The van der Waals surface area contributed by atoms with Crippen molar-refractivity contribution in [3.8, 4) is 0 Å². The lowest BCUT2D eigenvalue weighted by molar-refractivity contribution is 0.558. The summed E-state index contributed by atoms with van der Waals surface area (Å²) in [5, 5.41) is 7.80. The summed E-state index contributed by atoms with van der Waals surface area (Å²) in [7, 11) is 0. The van der Waals surface area contributed by atoms with Crippen molar-refractivity contribution in [1.29, 1.82) is 0 Å². The lowest BCUT2D eigenvalue weighted by Gasteiger charge is -1.95. The highest BCUT2D eigenvalue weighted by molar-refractivity contribution is 6.20. The van der Waals surface area contributed by atoms with Gasteiger partial charge in [-0.2, -0.15) is 0 Å². The van der Waals surface area contributed by atoms with Crippen LogP contribution in [-0.4, -0.2) is 15.0 Å². The van der Waals surface area contributed by atoms with Crippen LogP contribution in [0, 0.1) is 0 Å². The molecule has 0 aliphatic carbocycles. The number of furan rings is 1. The molecule has 0 N–H and O–H groups in total. The van der Waals surface area contributed by atoms with Crippen LogP contribution in [0.4, 0.5) is 0 Å². The van der Waals surface area contributed by atoms with Gasteiger partial charge in [0.2, 0.25) is 0 Å². The Labute approximate surface area is 86.5 Å². The Bertz CT molecular complexity index is 394. The van der Waals surface area contributed by atoms with E-state index in [9.17, 15) is 0 Å². The van der Waals surface area contributed by atoms with Crippen molar-refractivity contribution in [2.75, 3.05) is 0 Å². The quantitative estimate of drug-likeness (QED) is 0.732. The molecular weight excluding hydrogens is 202 g/mol. The second-order valence-corrected chi connectivity index (χ2v) is 3.74. The first-order valence-electron chi connectivity index (χ1n) is 4.31. The predicted molar refractivity (Wildman–Crippen MR) is 52.1 cm³/mol. The smallest absolute Gasteiger partial charge is 0.100 e. The van der Waals surface area contributed by atoms with Gasteiger partial charge in [-0.3, -0.25) is 0 Å². The molecule has 1 unspecified atom stereocenters. The minimum absolute atomic E-state index is 0.104. The van der Waals surface area contributed by atoms with Crippen molar-refractivity contribution in [3.05, 3.63) is 36.0 Å². The highest BCUT2D eigenvalue weighted by Crippen LogP contribution is 2.15. The van der Waals surface area contributed by atoms with Crippen LogP contribution in [0.1, 0.15) is 23.6 Å². The average Bonchev–Trinajstić information content (AvgIpc) is 2.75. The van der Waals surface area contributed by atoms with Crippen LogP contribution >= 0.6 is 11.6 Å². The van der Waals surface area contributed by atoms with Crippen LogP contribution < -0.4 is 0 Å². The van der Waals surface area contributed by atoms with E-state index in [1.54, 1.807) is 17.2 Å². The van der Waals surface area contributed by atoms with Crippen LogP contribution in [-0.2, 0) is 6.54 Å². The van der Waals surface area contributed by atoms with E-state index in [0.29, 0.717) is 6.54 Å². The third-order valence-corrected chi connectivity index (χ3v) is 2.11. The number of alkyl halides is 1. The fourth-order valence-electron chi connectivity index (χ4n) is 1.14. The van der Waals surface area contributed by atoms with Crippen molar-refractivity contribution in [2.45, 2.75) is 18.8 Å². The molecule has 0 aromatic carbocycles. The maximum atomic E-state index is 5.86. The highest BCUT2D eigenvalue weighted by Gasteiger charge is 2.06. The molecule has 0 fully saturated rings. The summed E-state index contributed by atoms with van der Waals surface area (Å²) < 4.78 is 6.69. The van der Waals surface area contributed by atoms with Gasteiger partial charge < -0.3 is 4.42 Å². The molecule has 5 heteroatoms. The average molecular weight is 212 g/mol. The molecule has 0 aliphatic heterocycles. The zero-order valence-electron chi connectivity index (χ0n) is 7.72. The predicted octanol–water partition coefficient (Wildman–Crippen LogP) is 2.22.